The van der Waals surface area contributed by atoms with E-state index in [9.17, 15) is 0 Å². The van der Waals surface area contributed by atoms with Crippen LogP contribution in [0.4, 0.5) is 0 Å². The number of benzene rings is 3. The fourth-order valence-electron chi connectivity index (χ4n) is 4.21. The summed E-state index contributed by atoms with van der Waals surface area (Å²) in [5.41, 5.74) is 2.03. The van der Waals surface area contributed by atoms with Crippen LogP contribution in [0.1, 0.15) is 25.0 Å². The second-order valence-electron chi connectivity index (χ2n) is 7.80. The van der Waals surface area contributed by atoms with Crippen molar-refractivity contribution >= 4 is 37.4 Å². The molecule has 0 fully saturated rings. The molecule has 1 atom stereocenters. The van der Waals surface area contributed by atoms with Crippen LogP contribution in [0.5, 0.6) is 0 Å². The van der Waals surface area contributed by atoms with Crippen LogP contribution in [0.25, 0.3) is 12.2 Å². The molecule has 4 rings (SSSR count). The van der Waals surface area contributed by atoms with Crippen LogP contribution in [0, 0.1) is 5.41 Å². The molecule has 1 aliphatic rings. The Bertz CT molecular complexity index is 1090. The SMILES string of the molecule is CC1(C(C)(c2ccc(S)cc2)c2ccc(S)cc2)C=CC=c2ccccc2=C1. The zero-order chi connectivity index (χ0) is 19.8. The highest BCUT2D eigenvalue weighted by molar-refractivity contribution is 7.80. The van der Waals surface area contributed by atoms with E-state index in [0.29, 0.717) is 0 Å². The first-order valence-electron chi connectivity index (χ1n) is 9.49. The Balaban J connectivity index is 2.01. The van der Waals surface area contributed by atoms with E-state index in [1.807, 2.05) is 0 Å². The van der Waals surface area contributed by atoms with Crippen molar-refractivity contribution in [3.05, 3.63) is 107 Å². The van der Waals surface area contributed by atoms with E-state index in [1.54, 1.807) is 0 Å². The number of hydrogen-bond donors (Lipinski definition) is 2. The van der Waals surface area contributed by atoms with E-state index in [2.05, 4.69) is 136 Å². The molecule has 0 saturated heterocycles. The first-order chi connectivity index (χ1) is 13.4. The molecule has 0 aliphatic heterocycles. The van der Waals surface area contributed by atoms with Crippen LogP contribution in [0.3, 0.4) is 0 Å². The molecule has 28 heavy (non-hydrogen) atoms. The first kappa shape index (κ1) is 19.2. The van der Waals surface area contributed by atoms with Crippen LogP contribution >= 0.6 is 25.3 Å². The summed E-state index contributed by atoms with van der Waals surface area (Å²) in [6.07, 6.45) is 9.13. The third-order valence-electron chi connectivity index (χ3n) is 6.14. The first-order valence-corrected chi connectivity index (χ1v) is 10.4. The van der Waals surface area contributed by atoms with Gasteiger partial charge >= 0.3 is 0 Å². The van der Waals surface area contributed by atoms with Gasteiger partial charge < -0.3 is 0 Å². The quantitative estimate of drug-likeness (QED) is 0.540. The number of fused-ring (bicyclic) bond motifs is 1. The number of rotatable bonds is 3. The molecule has 2 heteroatoms. The molecule has 0 bridgehead atoms. The van der Waals surface area contributed by atoms with Gasteiger partial charge in [-0.1, -0.05) is 86.7 Å². The number of hydrogen-bond acceptors (Lipinski definition) is 2. The third-order valence-corrected chi connectivity index (χ3v) is 6.73. The third kappa shape index (κ3) is 3.25. The fourth-order valence-corrected chi connectivity index (χ4v) is 4.50. The van der Waals surface area contributed by atoms with Crippen LogP contribution < -0.4 is 10.4 Å². The van der Waals surface area contributed by atoms with E-state index >= 15 is 0 Å². The highest BCUT2D eigenvalue weighted by Crippen LogP contribution is 2.49. The van der Waals surface area contributed by atoms with E-state index < -0.39 is 0 Å². The predicted octanol–water partition coefficient (Wildman–Crippen LogP) is 5.41. The Morgan fingerprint density at radius 3 is 1.75 bits per heavy atom. The van der Waals surface area contributed by atoms with Gasteiger partial charge in [0, 0.05) is 20.6 Å². The summed E-state index contributed by atoms with van der Waals surface area (Å²) in [6, 6.07) is 25.7. The highest BCUT2D eigenvalue weighted by atomic mass is 32.1. The Morgan fingerprint density at radius 1 is 0.714 bits per heavy atom. The molecular formula is C26H24S2. The van der Waals surface area contributed by atoms with Gasteiger partial charge in [-0.15, -0.1) is 25.3 Å². The van der Waals surface area contributed by atoms with E-state index in [-0.39, 0.29) is 10.8 Å². The predicted molar refractivity (Wildman–Crippen MR) is 126 cm³/mol. The van der Waals surface area contributed by atoms with Crippen molar-refractivity contribution in [3.63, 3.8) is 0 Å². The van der Waals surface area contributed by atoms with Crippen molar-refractivity contribution in [2.75, 3.05) is 0 Å². The lowest BCUT2D eigenvalue weighted by Crippen LogP contribution is -2.41. The Labute approximate surface area is 178 Å². The highest BCUT2D eigenvalue weighted by Gasteiger charge is 2.44. The monoisotopic (exact) mass is 400 g/mol. The number of thiol groups is 2. The van der Waals surface area contributed by atoms with Gasteiger partial charge in [0.2, 0.25) is 0 Å². The van der Waals surface area contributed by atoms with Crippen LogP contribution in [-0.2, 0) is 5.41 Å². The smallest absolute Gasteiger partial charge is 0.0297 e. The molecule has 3 aromatic carbocycles. The molecule has 3 aromatic rings. The Kier molecular flexibility index (Phi) is 5.03. The maximum absolute atomic E-state index is 4.49. The average molecular weight is 401 g/mol. The molecule has 1 aliphatic carbocycles. The summed E-state index contributed by atoms with van der Waals surface area (Å²) in [5, 5.41) is 2.51. The van der Waals surface area contributed by atoms with Gasteiger partial charge in [-0.2, -0.15) is 0 Å². The lowest BCUT2D eigenvalue weighted by atomic mass is 9.58. The maximum Gasteiger partial charge on any atom is 0.0297 e. The molecule has 0 saturated carbocycles. The van der Waals surface area contributed by atoms with Crippen molar-refractivity contribution in [1.29, 1.82) is 0 Å². The van der Waals surface area contributed by atoms with Crippen LogP contribution in [0.15, 0.2) is 94.7 Å². The molecule has 140 valence electrons. The molecule has 0 N–H and O–H groups in total. The lowest BCUT2D eigenvalue weighted by Gasteiger charge is -2.44. The van der Waals surface area contributed by atoms with E-state index in [4.69, 9.17) is 0 Å². The van der Waals surface area contributed by atoms with Gasteiger partial charge in [0.15, 0.2) is 0 Å². The summed E-state index contributed by atoms with van der Waals surface area (Å²) < 4.78 is 0. The maximum atomic E-state index is 4.49. The van der Waals surface area contributed by atoms with Crippen LogP contribution in [-0.4, -0.2) is 0 Å². The summed E-state index contributed by atoms with van der Waals surface area (Å²) in [6.45, 7) is 4.66. The minimum absolute atomic E-state index is 0.230. The molecular weight excluding hydrogens is 376 g/mol. The normalized spacial score (nSPS) is 18.6. The standard InChI is InChI=1S/C26H24S2/c1-25(17-5-8-19-6-3-4-7-20(19)18-25)26(2,21-9-13-23(27)14-10-21)22-11-15-24(28)16-12-22/h3-18,27-28H,1-2H3. The molecule has 1 unspecified atom stereocenters. The minimum Gasteiger partial charge on any atom is -0.143 e. The van der Waals surface area contributed by atoms with Gasteiger partial charge in [0.05, 0.1) is 0 Å². The summed E-state index contributed by atoms with van der Waals surface area (Å²) in [4.78, 5) is 1.95. The minimum atomic E-state index is -0.266. The van der Waals surface area contributed by atoms with E-state index in [0.717, 1.165) is 9.79 Å². The Hall–Kier alpha value is -2.16. The molecule has 0 heterocycles. The Morgan fingerprint density at radius 2 is 1.21 bits per heavy atom. The van der Waals surface area contributed by atoms with Gasteiger partial charge in [0.25, 0.3) is 0 Å². The summed E-state index contributed by atoms with van der Waals surface area (Å²) >= 11 is 8.99. The molecule has 0 amide bonds. The average Bonchev–Trinajstić information content (AvgIpc) is 2.87. The van der Waals surface area contributed by atoms with Crippen molar-refractivity contribution in [2.24, 2.45) is 5.41 Å². The van der Waals surface area contributed by atoms with Gasteiger partial charge in [-0.05, 0) is 45.8 Å². The van der Waals surface area contributed by atoms with Gasteiger partial charge in [-0.3, -0.25) is 0 Å². The van der Waals surface area contributed by atoms with Crippen molar-refractivity contribution in [2.45, 2.75) is 29.1 Å². The van der Waals surface area contributed by atoms with Crippen LogP contribution in [0.2, 0.25) is 0 Å². The second-order valence-corrected chi connectivity index (χ2v) is 8.83. The van der Waals surface area contributed by atoms with Crippen molar-refractivity contribution < 1.29 is 0 Å². The topological polar surface area (TPSA) is 0 Å². The lowest BCUT2D eigenvalue weighted by molar-refractivity contribution is 0.361. The fraction of sp³-hybridized carbons (Fsp3) is 0.154. The molecule has 0 spiro atoms. The molecule has 0 aromatic heterocycles. The largest absolute Gasteiger partial charge is 0.143 e. The molecule has 0 radical (unpaired) electrons. The summed E-state index contributed by atoms with van der Waals surface area (Å²) in [7, 11) is 0. The van der Waals surface area contributed by atoms with E-state index in [1.165, 1.54) is 21.6 Å². The zero-order valence-electron chi connectivity index (χ0n) is 16.1. The number of allylic oxidation sites excluding steroid dienone is 2. The van der Waals surface area contributed by atoms with Gasteiger partial charge in [0.1, 0.15) is 0 Å². The summed E-state index contributed by atoms with van der Waals surface area (Å²) in [5.74, 6) is 0. The molecule has 0 nitrogen and oxygen atoms in total. The van der Waals surface area contributed by atoms with Gasteiger partial charge in [-0.25, -0.2) is 0 Å². The second kappa shape index (κ2) is 7.35. The zero-order valence-corrected chi connectivity index (χ0v) is 17.9. The van der Waals surface area contributed by atoms with Crippen molar-refractivity contribution in [3.8, 4) is 0 Å². The van der Waals surface area contributed by atoms with Crippen molar-refractivity contribution in [1.82, 2.24) is 0 Å².